The first kappa shape index (κ1) is 44.5. The van der Waals surface area contributed by atoms with E-state index in [4.69, 9.17) is 4.98 Å². The van der Waals surface area contributed by atoms with E-state index in [1.165, 1.54) is 34.1 Å². The van der Waals surface area contributed by atoms with Crippen LogP contribution < -0.4 is 21.3 Å². The fraction of sp³-hybridized carbons (Fsp3) is 0.558. The number of amides is 4. The number of halogens is 4. The SMILES string of the molecule is CCC[C@H](NC(=O)[C@H](C)NC)C(=O)N1C[C@@H](F)C[C@H]1Cc1c(-c2nc3cc(F)ccc3n2C[C@@H]2C[C@H](F)CN2C(=O)[C@@H](NC(=O)[C@H](C)NC)C(C)C)[nH]c2cc(F)ccc12. The summed E-state index contributed by atoms with van der Waals surface area (Å²) in [5, 5.41) is 12.0. The Labute approximate surface area is 347 Å². The topological polar surface area (TPSA) is 156 Å². The first-order valence-corrected chi connectivity index (χ1v) is 20.9. The van der Waals surface area contributed by atoms with Crippen LogP contribution in [0, 0.1) is 17.6 Å². The lowest BCUT2D eigenvalue weighted by Gasteiger charge is -2.32. The Morgan fingerprint density at radius 2 is 1.43 bits per heavy atom. The molecule has 60 heavy (non-hydrogen) atoms. The number of likely N-dealkylation sites (N-methyl/N-ethyl adjacent to an activating group) is 2. The molecule has 0 radical (unpaired) electrons. The molecule has 2 aromatic carbocycles. The van der Waals surface area contributed by atoms with Crippen LogP contribution in [-0.4, -0.2) is 124 Å². The maximum atomic E-state index is 15.5. The van der Waals surface area contributed by atoms with E-state index >= 15 is 8.78 Å². The minimum Gasteiger partial charge on any atom is -0.352 e. The van der Waals surface area contributed by atoms with Gasteiger partial charge in [-0.15, -0.1) is 0 Å². The van der Waals surface area contributed by atoms with Crippen molar-refractivity contribution in [1.29, 1.82) is 0 Å². The van der Waals surface area contributed by atoms with E-state index in [-0.39, 0.29) is 62.1 Å². The van der Waals surface area contributed by atoms with Gasteiger partial charge in [-0.05, 0) is 82.6 Å². The highest BCUT2D eigenvalue weighted by molar-refractivity contribution is 5.93. The fourth-order valence-corrected chi connectivity index (χ4v) is 8.46. The molecule has 17 heteroatoms. The molecule has 8 atom stereocenters. The third kappa shape index (κ3) is 9.31. The molecule has 4 aromatic rings. The molecule has 4 heterocycles. The van der Waals surface area contributed by atoms with Gasteiger partial charge in [-0.25, -0.2) is 22.5 Å². The third-order valence-corrected chi connectivity index (χ3v) is 12.0. The molecule has 2 aliphatic heterocycles. The normalized spacial score (nSPS) is 21.5. The van der Waals surface area contributed by atoms with Crippen LogP contribution in [-0.2, 0) is 32.1 Å². The van der Waals surface area contributed by atoms with E-state index in [2.05, 4.69) is 26.3 Å². The van der Waals surface area contributed by atoms with E-state index < -0.39 is 72.0 Å². The monoisotopic (exact) mass is 839 g/mol. The second-order valence-electron chi connectivity index (χ2n) is 16.6. The number of aromatic amines is 1. The Morgan fingerprint density at radius 3 is 2.07 bits per heavy atom. The lowest BCUT2D eigenvalue weighted by Crippen LogP contribution is -2.55. The molecule has 2 saturated heterocycles. The number of rotatable bonds is 16. The second kappa shape index (κ2) is 18.7. The summed E-state index contributed by atoms with van der Waals surface area (Å²) in [6.07, 6.45) is -1.65. The average molecular weight is 840 g/mol. The van der Waals surface area contributed by atoms with Crippen molar-refractivity contribution < 1.29 is 36.7 Å². The highest BCUT2D eigenvalue weighted by Crippen LogP contribution is 2.37. The van der Waals surface area contributed by atoms with Crippen molar-refractivity contribution in [3.63, 3.8) is 0 Å². The summed E-state index contributed by atoms with van der Waals surface area (Å²) >= 11 is 0. The highest BCUT2D eigenvalue weighted by Gasteiger charge is 2.42. The quantitative estimate of drug-likeness (QED) is 0.104. The van der Waals surface area contributed by atoms with Gasteiger partial charge < -0.3 is 40.6 Å². The minimum absolute atomic E-state index is 0.0118. The number of benzene rings is 2. The molecular weight excluding hydrogens is 783 g/mol. The summed E-state index contributed by atoms with van der Waals surface area (Å²) in [6, 6.07) is 4.01. The molecule has 4 amide bonds. The number of H-pyrrole nitrogens is 1. The zero-order valence-corrected chi connectivity index (χ0v) is 35.3. The smallest absolute Gasteiger partial charge is 0.245 e. The van der Waals surface area contributed by atoms with Gasteiger partial charge in [0.2, 0.25) is 23.6 Å². The summed E-state index contributed by atoms with van der Waals surface area (Å²) in [4.78, 5) is 65.2. The highest BCUT2D eigenvalue weighted by atomic mass is 19.1. The zero-order valence-electron chi connectivity index (χ0n) is 35.3. The van der Waals surface area contributed by atoms with Gasteiger partial charge in [-0.2, -0.15) is 0 Å². The number of fused-ring (bicyclic) bond motifs is 2. The van der Waals surface area contributed by atoms with Gasteiger partial charge in [-0.1, -0.05) is 27.2 Å². The maximum Gasteiger partial charge on any atom is 0.245 e. The molecule has 2 aliphatic rings. The van der Waals surface area contributed by atoms with E-state index in [1.807, 2.05) is 6.92 Å². The number of nitrogens with zero attached hydrogens (tertiary/aromatic N) is 4. The van der Waals surface area contributed by atoms with Crippen molar-refractivity contribution >= 4 is 45.6 Å². The lowest BCUT2D eigenvalue weighted by molar-refractivity contribution is -0.139. The molecule has 5 N–H and O–H groups in total. The minimum atomic E-state index is -1.36. The largest absolute Gasteiger partial charge is 0.352 e. The number of alkyl halides is 2. The van der Waals surface area contributed by atoms with Crippen molar-refractivity contribution in [2.45, 2.75) is 122 Å². The van der Waals surface area contributed by atoms with Crippen molar-refractivity contribution in [2.24, 2.45) is 5.92 Å². The number of aromatic nitrogens is 3. The molecule has 2 aromatic heterocycles. The molecule has 0 bridgehead atoms. The predicted octanol–water partition coefficient (Wildman–Crippen LogP) is 4.52. The van der Waals surface area contributed by atoms with Gasteiger partial charge in [0, 0.05) is 42.4 Å². The Bertz CT molecular complexity index is 2210. The summed E-state index contributed by atoms with van der Waals surface area (Å²) in [5.74, 6) is -2.66. The first-order chi connectivity index (χ1) is 28.5. The second-order valence-corrected chi connectivity index (χ2v) is 16.6. The summed E-state index contributed by atoms with van der Waals surface area (Å²) in [7, 11) is 3.27. The van der Waals surface area contributed by atoms with Crippen LogP contribution in [0.25, 0.3) is 33.5 Å². The van der Waals surface area contributed by atoms with Gasteiger partial charge >= 0.3 is 0 Å². The third-order valence-electron chi connectivity index (χ3n) is 12.0. The summed E-state index contributed by atoms with van der Waals surface area (Å²) < 4.78 is 62.3. The zero-order chi connectivity index (χ0) is 43.6. The average Bonchev–Trinajstić information content (AvgIpc) is 3.97. The van der Waals surface area contributed by atoms with Crippen LogP contribution in [0.1, 0.15) is 65.9 Å². The van der Waals surface area contributed by atoms with Crippen LogP contribution in [0.2, 0.25) is 0 Å². The number of hydrogen-bond acceptors (Lipinski definition) is 7. The van der Waals surface area contributed by atoms with Gasteiger partial charge in [0.15, 0.2) is 5.82 Å². The lowest BCUT2D eigenvalue weighted by atomic mass is 9.99. The Balaban J connectivity index is 1.41. The van der Waals surface area contributed by atoms with E-state index in [9.17, 15) is 28.0 Å². The number of nitrogens with one attached hydrogen (secondary N) is 5. The molecule has 2 fully saturated rings. The van der Waals surface area contributed by atoms with Crippen LogP contribution in [0.4, 0.5) is 17.6 Å². The van der Waals surface area contributed by atoms with Crippen LogP contribution in [0.5, 0.6) is 0 Å². The van der Waals surface area contributed by atoms with Crippen molar-refractivity contribution in [3.8, 4) is 11.5 Å². The van der Waals surface area contributed by atoms with E-state index in [0.717, 1.165) is 0 Å². The molecule has 326 valence electrons. The van der Waals surface area contributed by atoms with Crippen LogP contribution in [0.3, 0.4) is 0 Å². The predicted molar refractivity (Wildman–Crippen MR) is 221 cm³/mol. The van der Waals surface area contributed by atoms with Crippen LogP contribution in [0.15, 0.2) is 36.4 Å². The molecular formula is C43H57F4N9O4. The van der Waals surface area contributed by atoms with Crippen molar-refractivity contribution in [1.82, 2.24) is 45.6 Å². The maximum absolute atomic E-state index is 15.5. The van der Waals surface area contributed by atoms with E-state index in [0.29, 0.717) is 46.3 Å². The van der Waals surface area contributed by atoms with E-state index in [1.54, 1.807) is 58.5 Å². The Hall–Kier alpha value is -5.03. The first-order valence-electron chi connectivity index (χ1n) is 20.9. The van der Waals surface area contributed by atoms with Gasteiger partial charge in [0.05, 0.1) is 47.9 Å². The van der Waals surface area contributed by atoms with Gasteiger partial charge in [0.1, 0.15) is 36.1 Å². The fourth-order valence-electron chi connectivity index (χ4n) is 8.46. The number of carbonyl (C=O) groups is 4. The van der Waals surface area contributed by atoms with Crippen molar-refractivity contribution in [2.75, 3.05) is 27.2 Å². The molecule has 13 nitrogen and oxygen atoms in total. The van der Waals surface area contributed by atoms with Gasteiger partial charge in [0.25, 0.3) is 0 Å². The Kier molecular flexibility index (Phi) is 13.9. The number of hydrogen-bond donors (Lipinski definition) is 5. The van der Waals surface area contributed by atoms with Crippen LogP contribution >= 0.6 is 0 Å². The molecule has 0 unspecified atom stereocenters. The Morgan fingerprint density at radius 1 is 0.833 bits per heavy atom. The molecule has 0 saturated carbocycles. The van der Waals surface area contributed by atoms with Crippen molar-refractivity contribution in [3.05, 3.63) is 53.6 Å². The standard InChI is InChI=1S/C43H57F4N9O4/c1-8-9-33(52-40(57)23(4)48-6)42(59)54-19-27(46)14-29(54)18-32-31-12-10-25(44)16-34(31)50-38(32)39-51-35-17-26(45)11-13-36(35)56(39)21-30-15-28(47)20-55(30)43(60)37(22(2)3)53-41(58)24(5)49-7/h10-13,16-17,22-24,27-30,33,37,48-50H,8-9,14-15,18-21H2,1-7H3,(H,52,57)(H,53,58)/t23-,24-,27-,28-,29-,30-,33-,37-/m0/s1. The summed E-state index contributed by atoms with van der Waals surface area (Å²) in [6.45, 7) is 8.50. The number of likely N-dealkylation sites (tertiary alicyclic amines) is 2. The summed E-state index contributed by atoms with van der Waals surface area (Å²) in [5.41, 5.74) is 2.18. The molecule has 0 spiro atoms. The van der Waals surface area contributed by atoms with Gasteiger partial charge in [-0.3, -0.25) is 19.2 Å². The number of carbonyl (C=O) groups excluding carboxylic acids is 4. The molecule has 6 rings (SSSR count). The molecule has 0 aliphatic carbocycles. The number of imidazole rings is 1.